The highest BCUT2D eigenvalue weighted by molar-refractivity contribution is 7.17. The first kappa shape index (κ1) is 23.4. The molecule has 0 aliphatic rings. The Hall–Kier alpha value is -3.31. The van der Waals surface area contributed by atoms with Crippen molar-refractivity contribution >= 4 is 55.6 Å². The van der Waals surface area contributed by atoms with Crippen LogP contribution in [0, 0.1) is 0 Å². The molecule has 0 saturated heterocycles. The Labute approximate surface area is 208 Å². The lowest BCUT2D eigenvalue weighted by molar-refractivity contribution is -0.0243. The Kier molecular flexibility index (Phi) is 6.78. The summed E-state index contributed by atoms with van der Waals surface area (Å²) in [5.41, 5.74) is 2.07. The van der Waals surface area contributed by atoms with E-state index in [1.807, 2.05) is 40.3 Å². The van der Waals surface area contributed by atoms with Gasteiger partial charge < -0.3 is 19.7 Å². The molecule has 180 valence electrons. The van der Waals surface area contributed by atoms with Crippen LogP contribution in [-0.2, 0) is 6.54 Å². The Bertz CT molecular complexity index is 1480. The molecule has 0 fully saturated rings. The van der Waals surface area contributed by atoms with Crippen LogP contribution in [0.4, 0.5) is 20.3 Å². The minimum Gasteiger partial charge on any atom is -0.455 e. The molecule has 0 spiro atoms. The Morgan fingerprint density at radius 2 is 2.00 bits per heavy atom. The normalized spacial score (nSPS) is 12.5. The summed E-state index contributed by atoms with van der Waals surface area (Å²) in [5.74, 6) is 1.78. The third kappa shape index (κ3) is 5.06. The molecule has 11 heteroatoms. The number of rotatable bonds is 9. The lowest BCUT2D eigenvalue weighted by Gasteiger charge is -2.14. The number of aliphatic hydroxyl groups excluding tert-OH is 1. The Morgan fingerprint density at radius 3 is 2.83 bits per heavy atom. The maximum absolute atomic E-state index is 12.5. The fourth-order valence-corrected chi connectivity index (χ4v) is 4.73. The van der Waals surface area contributed by atoms with Gasteiger partial charge in [-0.3, -0.25) is 5.32 Å². The highest BCUT2D eigenvalue weighted by atomic mass is 35.5. The lowest BCUT2D eigenvalue weighted by atomic mass is 10.2. The summed E-state index contributed by atoms with van der Waals surface area (Å²) >= 11 is 8.17. The van der Waals surface area contributed by atoms with Gasteiger partial charge in [0.1, 0.15) is 23.3 Å². The molecule has 0 saturated carbocycles. The number of nitrogens with one attached hydrogen (secondary N) is 2. The van der Waals surface area contributed by atoms with Crippen LogP contribution in [0.3, 0.4) is 0 Å². The van der Waals surface area contributed by atoms with Gasteiger partial charge in [-0.15, -0.1) is 11.3 Å². The van der Waals surface area contributed by atoms with Crippen LogP contribution in [0.15, 0.2) is 66.4 Å². The lowest BCUT2D eigenvalue weighted by Crippen LogP contribution is -2.37. The highest BCUT2D eigenvalue weighted by Gasteiger charge is 2.16. The molecule has 0 bridgehead atoms. The van der Waals surface area contributed by atoms with E-state index < -0.39 is 12.7 Å². The number of aromatic nitrogens is 3. The van der Waals surface area contributed by atoms with Crippen LogP contribution in [0.25, 0.3) is 21.1 Å². The Morgan fingerprint density at radius 1 is 1.11 bits per heavy atom. The standard InChI is InChI=1S/C24H20ClF2N5O2S/c25-16-12-14(4-5-19(16)34-18-2-1-3-20-15(18)7-11-35-20)31-23-21-17(29-13-30-23)6-9-32(21)10-8-28-24(33)22(26)27/h1-7,9,11-13,22,24,28,33H,8,10H2,(H,29,30,31). The van der Waals surface area contributed by atoms with Crippen LogP contribution in [-0.4, -0.2) is 38.8 Å². The minimum atomic E-state index is -2.85. The van der Waals surface area contributed by atoms with Gasteiger partial charge in [-0.2, -0.15) is 0 Å². The van der Waals surface area contributed by atoms with Gasteiger partial charge in [0.15, 0.2) is 12.0 Å². The van der Waals surface area contributed by atoms with E-state index in [4.69, 9.17) is 16.3 Å². The monoisotopic (exact) mass is 515 g/mol. The number of benzene rings is 2. The molecular formula is C24H20ClF2N5O2S. The number of halogens is 3. The topological polar surface area (TPSA) is 84.2 Å². The molecule has 7 nitrogen and oxygen atoms in total. The van der Waals surface area contributed by atoms with Gasteiger partial charge in [-0.25, -0.2) is 18.7 Å². The zero-order valence-corrected chi connectivity index (χ0v) is 19.7. The number of hydrogen-bond acceptors (Lipinski definition) is 7. The number of nitrogens with zero attached hydrogens (tertiary/aromatic N) is 3. The zero-order chi connectivity index (χ0) is 24.4. The van der Waals surface area contributed by atoms with Gasteiger partial charge in [0, 0.05) is 35.1 Å². The molecule has 35 heavy (non-hydrogen) atoms. The van der Waals surface area contributed by atoms with Crippen LogP contribution in [0.5, 0.6) is 11.5 Å². The number of ether oxygens (including phenoxy) is 1. The summed E-state index contributed by atoms with van der Waals surface area (Å²) in [4.78, 5) is 8.62. The number of anilines is 2. The Balaban J connectivity index is 1.35. The van der Waals surface area contributed by atoms with Crippen LogP contribution in [0.2, 0.25) is 5.02 Å². The van der Waals surface area contributed by atoms with E-state index in [2.05, 4.69) is 20.6 Å². The van der Waals surface area contributed by atoms with E-state index in [0.29, 0.717) is 39.9 Å². The van der Waals surface area contributed by atoms with Gasteiger partial charge in [0.2, 0.25) is 0 Å². The number of aliphatic hydroxyl groups is 1. The summed E-state index contributed by atoms with van der Waals surface area (Å²) in [6, 6.07) is 15.1. The van der Waals surface area contributed by atoms with Gasteiger partial charge in [-0.1, -0.05) is 17.7 Å². The maximum atomic E-state index is 12.5. The quantitative estimate of drug-likeness (QED) is 0.209. The van der Waals surface area contributed by atoms with Crippen molar-refractivity contribution in [3.63, 3.8) is 0 Å². The average molecular weight is 516 g/mol. The third-order valence-corrected chi connectivity index (χ3v) is 6.54. The minimum absolute atomic E-state index is 0.137. The van der Waals surface area contributed by atoms with Gasteiger partial charge in [-0.05, 0) is 47.8 Å². The van der Waals surface area contributed by atoms with E-state index in [9.17, 15) is 13.9 Å². The maximum Gasteiger partial charge on any atom is 0.277 e. The van der Waals surface area contributed by atoms with E-state index >= 15 is 0 Å². The average Bonchev–Trinajstić information content (AvgIpc) is 3.49. The molecule has 3 aromatic heterocycles. The summed E-state index contributed by atoms with van der Waals surface area (Å²) in [6.07, 6.45) is -1.50. The second-order valence-corrected chi connectivity index (χ2v) is 9.01. The molecule has 5 rings (SSSR count). The zero-order valence-electron chi connectivity index (χ0n) is 18.2. The van der Waals surface area contributed by atoms with Crippen LogP contribution < -0.4 is 15.4 Å². The molecule has 3 heterocycles. The molecule has 3 N–H and O–H groups in total. The second kappa shape index (κ2) is 10.1. The van der Waals surface area contributed by atoms with Crippen molar-refractivity contribution in [1.82, 2.24) is 19.9 Å². The van der Waals surface area contributed by atoms with Crippen molar-refractivity contribution in [3.8, 4) is 11.5 Å². The first-order valence-corrected chi connectivity index (χ1v) is 12.0. The van der Waals surface area contributed by atoms with Gasteiger partial charge in [0.25, 0.3) is 6.43 Å². The SMILES string of the molecule is OC(NCCn1ccc2ncnc(Nc3ccc(Oc4cccc5sccc45)c(Cl)c3)c21)C(F)F. The van der Waals surface area contributed by atoms with Crippen molar-refractivity contribution in [3.05, 3.63) is 71.5 Å². The molecule has 5 aromatic rings. The van der Waals surface area contributed by atoms with E-state index in [1.165, 1.54) is 6.33 Å². The van der Waals surface area contributed by atoms with Crippen LogP contribution in [0.1, 0.15) is 0 Å². The van der Waals surface area contributed by atoms with Gasteiger partial charge in [0.05, 0.1) is 10.5 Å². The summed E-state index contributed by atoms with van der Waals surface area (Å²) in [7, 11) is 0. The summed E-state index contributed by atoms with van der Waals surface area (Å²) < 4.78 is 34.1. The summed E-state index contributed by atoms with van der Waals surface area (Å²) in [6.45, 7) is 0.468. The van der Waals surface area contributed by atoms with Crippen molar-refractivity contribution in [2.45, 2.75) is 19.2 Å². The van der Waals surface area contributed by atoms with E-state index in [1.54, 1.807) is 35.7 Å². The predicted octanol–water partition coefficient (Wildman–Crippen LogP) is 6.01. The first-order valence-electron chi connectivity index (χ1n) is 10.7. The molecule has 0 aliphatic carbocycles. The second-order valence-electron chi connectivity index (χ2n) is 7.66. The smallest absolute Gasteiger partial charge is 0.277 e. The molecule has 0 amide bonds. The van der Waals surface area contributed by atoms with Crippen molar-refractivity contribution in [1.29, 1.82) is 0 Å². The molecular weight excluding hydrogens is 496 g/mol. The van der Waals surface area contributed by atoms with Crippen molar-refractivity contribution in [2.75, 3.05) is 11.9 Å². The molecule has 1 unspecified atom stereocenters. The number of fused-ring (bicyclic) bond motifs is 2. The number of thiophene rings is 1. The number of alkyl halides is 2. The first-order chi connectivity index (χ1) is 17.0. The molecule has 1 atom stereocenters. The number of hydrogen-bond donors (Lipinski definition) is 3. The largest absolute Gasteiger partial charge is 0.455 e. The fraction of sp³-hybridized carbons (Fsp3) is 0.167. The highest BCUT2D eigenvalue weighted by Crippen LogP contribution is 2.37. The molecule has 2 aromatic carbocycles. The van der Waals surface area contributed by atoms with Gasteiger partial charge >= 0.3 is 0 Å². The summed E-state index contributed by atoms with van der Waals surface area (Å²) in [5, 5.41) is 18.4. The third-order valence-electron chi connectivity index (χ3n) is 5.37. The van der Waals surface area contributed by atoms with Crippen LogP contribution >= 0.6 is 22.9 Å². The fourth-order valence-electron chi connectivity index (χ4n) is 3.70. The molecule has 0 aliphatic heterocycles. The molecule has 0 radical (unpaired) electrons. The van der Waals surface area contributed by atoms with Crippen molar-refractivity contribution in [2.24, 2.45) is 0 Å². The van der Waals surface area contributed by atoms with Crippen molar-refractivity contribution < 1.29 is 18.6 Å². The predicted molar refractivity (Wildman–Crippen MR) is 134 cm³/mol. The van der Waals surface area contributed by atoms with E-state index in [-0.39, 0.29) is 6.54 Å². The van der Waals surface area contributed by atoms with E-state index in [0.717, 1.165) is 15.8 Å².